The van der Waals surface area contributed by atoms with Gasteiger partial charge in [-0.15, -0.1) is 0 Å². The van der Waals surface area contributed by atoms with Crippen molar-refractivity contribution in [1.29, 1.82) is 0 Å². The number of hydrogen-bond acceptors (Lipinski definition) is 4. The number of aliphatic hydroxyl groups excluding tert-OH is 1. The minimum absolute atomic E-state index is 0.0423. The molecular formula is C15H25N3O. The lowest BCUT2D eigenvalue weighted by Gasteiger charge is -2.29. The highest BCUT2D eigenvalue weighted by atomic mass is 16.3. The third-order valence-electron chi connectivity index (χ3n) is 4.13. The highest BCUT2D eigenvalue weighted by Crippen LogP contribution is 2.34. The van der Waals surface area contributed by atoms with Crippen LogP contribution in [0.5, 0.6) is 0 Å². The van der Waals surface area contributed by atoms with Crippen LogP contribution in [0, 0.1) is 11.3 Å². The van der Waals surface area contributed by atoms with Crippen molar-refractivity contribution in [2.45, 2.75) is 46.6 Å². The molecule has 1 fully saturated rings. The van der Waals surface area contributed by atoms with Gasteiger partial charge in [0, 0.05) is 13.1 Å². The predicted molar refractivity (Wildman–Crippen MR) is 77.0 cm³/mol. The van der Waals surface area contributed by atoms with E-state index in [2.05, 4.69) is 35.6 Å². The maximum Gasteiger partial charge on any atom is 0.147 e. The summed E-state index contributed by atoms with van der Waals surface area (Å²) in [5, 5.41) is 8.99. The number of aliphatic hydroxyl groups is 1. The van der Waals surface area contributed by atoms with Crippen molar-refractivity contribution >= 4 is 5.82 Å². The molecule has 1 saturated heterocycles. The summed E-state index contributed by atoms with van der Waals surface area (Å²) in [6.07, 6.45) is 7.17. The second-order valence-corrected chi connectivity index (χ2v) is 6.50. The van der Waals surface area contributed by atoms with Crippen molar-refractivity contribution in [2.75, 3.05) is 18.0 Å². The highest BCUT2D eigenvalue weighted by molar-refractivity contribution is 5.35. The topological polar surface area (TPSA) is 49.2 Å². The number of anilines is 1. The van der Waals surface area contributed by atoms with E-state index in [1.54, 1.807) is 12.4 Å². The molecule has 1 N–H and O–H groups in total. The van der Waals surface area contributed by atoms with E-state index in [-0.39, 0.29) is 6.61 Å². The molecule has 1 aromatic heterocycles. The monoisotopic (exact) mass is 263 g/mol. The fourth-order valence-electron chi connectivity index (χ4n) is 2.78. The van der Waals surface area contributed by atoms with Crippen LogP contribution in [0.2, 0.25) is 0 Å². The van der Waals surface area contributed by atoms with Gasteiger partial charge in [-0.3, -0.25) is 4.98 Å². The summed E-state index contributed by atoms with van der Waals surface area (Å²) in [5.74, 6) is 1.72. The molecule has 2 rings (SSSR count). The maximum absolute atomic E-state index is 8.99. The Kier molecular flexibility index (Phi) is 4.40. The van der Waals surface area contributed by atoms with E-state index in [1.165, 1.54) is 19.3 Å². The van der Waals surface area contributed by atoms with Crippen molar-refractivity contribution in [3.8, 4) is 0 Å². The van der Waals surface area contributed by atoms with Gasteiger partial charge in [0.2, 0.25) is 0 Å². The summed E-state index contributed by atoms with van der Waals surface area (Å²) >= 11 is 0. The van der Waals surface area contributed by atoms with Gasteiger partial charge in [-0.25, -0.2) is 4.98 Å². The minimum atomic E-state index is -0.0423. The van der Waals surface area contributed by atoms with Gasteiger partial charge >= 0.3 is 0 Å². The first-order valence-corrected chi connectivity index (χ1v) is 7.17. The predicted octanol–water partition coefficient (Wildman–Crippen LogP) is 2.62. The van der Waals surface area contributed by atoms with Gasteiger partial charge in [0.05, 0.1) is 24.7 Å². The van der Waals surface area contributed by atoms with E-state index in [9.17, 15) is 0 Å². The van der Waals surface area contributed by atoms with Gasteiger partial charge in [-0.1, -0.05) is 20.8 Å². The molecule has 1 aliphatic heterocycles. The first-order chi connectivity index (χ1) is 9.00. The number of rotatable bonds is 2. The third kappa shape index (κ3) is 3.66. The van der Waals surface area contributed by atoms with Crippen LogP contribution in [0.3, 0.4) is 0 Å². The molecule has 1 aromatic rings. The minimum Gasteiger partial charge on any atom is -0.390 e. The quantitative estimate of drug-likeness (QED) is 0.891. The van der Waals surface area contributed by atoms with E-state index in [4.69, 9.17) is 5.11 Å². The van der Waals surface area contributed by atoms with Gasteiger partial charge < -0.3 is 10.0 Å². The lowest BCUT2D eigenvalue weighted by atomic mass is 9.77. The summed E-state index contributed by atoms with van der Waals surface area (Å²) in [6, 6.07) is 0. The van der Waals surface area contributed by atoms with Crippen LogP contribution in [0.25, 0.3) is 0 Å². The van der Waals surface area contributed by atoms with Crippen LogP contribution in [0.4, 0.5) is 5.82 Å². The molecule has 1 unspecified atom stereocenters. The van der Waals surface area contributed by atoms with Crippen LogP contribution < -0.4 is 4.90 Å². The standard InChI is InChI=1S/C15H25N3O/c1-15(2,3)12-5-4-7-18(8-6-12)14-10-16-13(11-19)9-17-14/h9-10,12,19H,4-8,11H2,1-3H3. The fraction of sp³-hybridized carbons (Fsp3) is 0.733. The Labute approximate surface area is 115 Å². The number of hydrogen-bond donors (Lipinski definition) is 1. The molecule has 0 amide bonds. The molecule has 1 atom stereocenters. The first-order valence-electron chi connectivity index (χ1n) is 7.17. The van der Waals surface area contributed by atoms with Crippen molar-refractivity contribution in [1.82, 2.24) is 9.97 Å². The Morgan fingerprint density at radius 1 is 1.21 bits per heavy atom. The Balaban J connectivity index is 2.02. The average molecular weight is 263 g/mol. The zero-order valence-electron chi connectivity index (χ0n) is 12.3. The Bertz CT molecular complexity index is 397. The molecule has 4 nitrogen and oxygen atoms in total. The molecule has 2 heterocycles. The summed E-state index contributed by atoms with van der Waals surface area (Å²) in [5.41, 5.74) is 1.02. The smallest absolute Gasteiger partial charge is 0.147 e. The van der Waals surface area contributed by atoms with Crippen molar-refractivity contribution in [3.63, 3.8) is 0 Å². The highest BCUT2D eigenvalue weighted by Gasteiger charge is 2.27. The molecule has 4 heteroatoms. The molecule has 19 heavy (non-hydrogen) atoms. The Hall–Kier alpha value is -1.16. The van der Waals surface area contributed by atoms with Crippen molar-refractivity contribution in [2.24, 2.45) is 11.3 Å². The SMILES string of the molecule is CC(C)(C)C1CCCN(c2cnc(CO)cn2)CC1. The third-order valence-corrected chi connectivity index (χ3v) is 4.13. The fourth-order valence-corrected chi connectivity index (χ4v) is 2.78. The Morgan fingerprint density at radius 2 is 2.00 bits per heavy atom. The number of nitrogens with zero attached hydrogens (tertiary/aromatic N) is 3. The van der Waals surface area contributed by atoms with Gasteiger partial charge in [-0.2, -0.15) is 0 Å². The summed E-state index contributed by atoms with van der Waals surface area (Å²) in [4.78, 5) is 10.9. The van der Waals surface area contributed by atoms with E-state index >= 15 is 0 Å². The molecule has 0 aliphatic carbocycles. The largest absolute Gasteiger partial charge is 0.390 e. The summed E-state index contributed by atoms with van der Waals surface area (Å²) in [7, 11) is 0. The average Bonchev–Trinajstić information content (AvgIpc) is 2.64. The maximum atomic E-state index is 8.99. The van der Waals surface area contributed by atoms with Crippen LogP contribution in [0.1, 0.15) is 45.7 Å². The van der Waals surface area contributed by atoms with E-state index in [1.807, 2.05) is 0 Å². The summed E-state index contributed by atoms with van der Waals surface area (Å²) in [6.45, 7) is 9.07. The first kappa shape index (κ1) is 14.3. The van der Waals surface area contributed by atoms with E-state index in [0.29, 0.717) is 11.1 Å². The van der Waals surface area contributed by atoms with E-state index in [0.717, 1.165) is 24.8 Å². The van der Waals surface area contributed by atoms with Gasteiger partial charge in [0.25, 0.3) is 0 Å². The second kappa shape index (κ2) is 5.87. The van der Waals surface area contributed by atoms with Gasteiger partial charge in [0.15, 0.2) is 0 Å². The van der Waals surface area contributed by atoms with Crippen molar-refractivity contribution in [3.05, 3.63) is 18.1 Å². The molecule has 0 radical (unpaired) electrons. The molecular weight excluding hydrogens is 238 g/mol. The van der Waals surface area contributed by atoms with Crippen LogP contribution in [0.15, 0.2) is 12.4 Å². The normalized spacial score (nSPS) is 21.3. The Morgan fingerprint density at radius 3 is 2.58 bits per heavy atom. The molecule has 0 spiro atoms. The lowest BCUT2D eigenvalue weighted by molar-refractivity contribution is 0.220. The summed E-state index contributed by atoms with van der Waals surface area (Å²) < 4.78 is 0. The lowest BCUT2D eigenvalue weighted by Crippen LogP contribution is -2.27. The zero-order chi connectivity index (χ0) is 13.9. The van der Waals surface area contributed by atoms with Gasteiger partial charge in [-0.05, 0) is 30.6 Å². The van der Waals surface area contributed by atoms with Crippen LogP contribution in [-0.4, -0.2) is 28.2 Å². The zero-order valence-corrected chi connectivity index (χ0v) is 12.3. The molecule has 1 aliphatic rings. The molecule has 0 aromatic carbocycles. The second-order valence-electron chi connectivity index (χ2n) is 6.50. The molecule has 106 valence electrons. The van der Waals surface area contributed by atoms with E-state index < -0.39 is 0 Å². The van der Waals surface area contributed by atoms with Crippen molar-refractivity contribution < 1.29 is 5.11 Å². The molecule has 0 saturated carbocycles. The van der Waals surface area contributed by atoms with Crippen LogP contribution in [-0.2, 0) is 6.61 Å². The van der Waals surface area contributed by atoms with Crippen LogP contribution >= 0.6 is 0 Å². The molecule has 0 bridgehead atoms. The van der Waals surface area contributed by atoms with Gasteiger partial charge in [0.1, 0.15) is 5.82 Å². The number of aromatic nitrogens is 2.